The first kappa shape index (κ1) is 12.5. The number of halogens is 2. The molecule has 0 radical (unpaired) electrons. The van der Waals surface area contributed by atoms with Crippen LogP contribution in [0.3, 0.4) is 0 Å². The number of hydrogen-bond donors (Lipinski definition) is 0. The Labute approximate surface area is 107 Å². The Balaban J connectivity index is 2.32. The fourth-order valence-corrected chi connectivity index (χ4v) is 1.42. The lowest BCUT2D eigenvalue weighted by Crippen LogP contribution is -1.92. The van der Waals surface area contributed by atoms with Crippen LogP contribution in [0.1, 0.15) is 11.1 Å². The van der Waals surface area contributed by atoms with Crippen LogP contribution in [-0.2, 0) is 0 Å². The fourth-order valence-electron chi connectivity index (χ4n) is 1.42. The van der Waals surface area contributed by atoms with Gasteiger partial charge in [-0.3, -0.25) is 0 Å². The lowest BCUT2D eigenvalue weighted by atomic mass is 10.2. The van der Waals surface area contributed by atoms with Gasteiger partial charge in [0.05, 0.1) is 23.3 Å². The van der Waals surface area contributed by atoms with Crippen molar-refractivity contribution in [2.24, 2.45) is 0 Å². The van der Waals surface area contributed by atoms with Crippen molar-refractivity contribution < 1.29 is 13.5 Å². The summed E-state index contributed by atoms with van der Waals surface area (Å²) in [5.74, 6) is -1.91. The average Bonchev–Trinajstić information content (AvgIpc) is 2.42. The second kappa shape index (κ2) is 5.16. The molecule has 0 unspecified atom stereocenters. The van der Waals surface area contributed by atoms with E-state index in [9.17, 15) is 8.78 Å². The molecule has 0 saturated heterocycles. The molecular weight excluding hydrogens is 250 g/mol. The smallest absolute Gasteiger partial charge is 0.167 e. The maximum absolute atomic E-state index is 13.5. The Morgan fingerprint density at radius 3 is 1.53 bits per heavy atom. The van der Waals surface area contributed by atoms with Gasteiger partial charge in [0.25, 0.3) is 0 Å². The summed E-state index contributed by atoms with van der Waals surface area (Å²) in [4.78, 5) is 0. The lowest BCUT2D eigenvalue weighted by Gasteiger charge is -2.07. The third-order valence-corrected chi connectivity index (χ3v) is 2.34. The van der Waals surface area contributed by atoms with Crippen molar-refractivity contribution in [3.63, 3.8) is 0 Å². The normalized spacial score (nSPS) is 9.47. The summed E-state index contributed by atoms with van der Waals surface area (Å²) in [6.07, 6.45) is 0. The van der Waals surface area contributed by atoms with E-state index in [4.69, 9.17) is 15.3 Å². The molecule has 19 heavy (non-hydrogen) atoms. The van der Waals surface area contributed by atoms with Crippen molar-refractivity contribution in [1.29, 1.82) is 10.5 Å². The fraction of sp³-hybridized carbons (Fsp3) is 0. The van der Waals surface area contributed by atoms with Gasteiger partial charge in [0.1, 0.15) is 0 Å². The molecule has 0 atom stereocenters. The van der Waals surface area contributed by atoms with Gasteiger partial charge in [-0.1, -0.05) is 0 Å². The largest absolute Gasteiger partial charge is 0.451 e. The minimum Gasteiger partial charge on any atom is -0.451 e. The van der Waals surface area contributed by atoms with E-state index in [2.05, 4.69) is 0 Å². The topological polar surface area (TPSA) is 56.8 Å². The van der Waals surface area contributed by atoms with Gasteiger partial charge in [0.15, 0.2) is 23.1 Å². The Morgan fingerprint density at radius 1 is 0.789 bits per heavy atom. The van der Waals surface area contributed by atoms with Gasteiger partial charge in [-0.2, -0.15) is 10.5 Å². The molecule has 0 amide bonds. The van der Waals surface area contributed by atoms with Gasteiger partial charge in [-0.15, -0.1) is 0 Å². The minimum absolute atomic E-state index is 0.144. The van der Waals surface area contributed by atoms with Gasteiger partial charge in [-0.25, -0.2) is 8.78 Å². The zero-order valence-corrected chi connectivity index (χ0v) is 9.52. The molecule has 0 aromatic heterocycles. The summed E-state index contributed by atoms with van der Waals surface area (Å²) in [7, 11) is 0. The van der Waals surface area contributed by atoms with Crippen LogP contribution in [0.25, 0.3) is 0 Å². The molecule has 0 saturated carbocycles. The predicted molar refractivity (Wildman–Crippen MR) is 62.3 cm³/mol. The summed E-state index contributed by atoms with van der Waals surface area (Å²) >= 11 is 0. The molecule has 0 aliphatic carbocycles. The summed E-state index contributed by atoms with van der Waals surface area (Å²) in [5, 5.41) is 17.2. The summed E-state index contributed by atoms with van der Waals surface area (Å²) < 4.78 is 32.2. The highest BCUT2D eigenvalue weighted by Crippen LogP contribution is 2.27. The molecule has 92 valence electrons. The molecule has 0 fully saturated rings. The van der Waals surface area contributed by atoms with E-state index in [1.165, 1.54) is 24.3 Å². The van der Waals surface area contributed by atoms with Crippen LogP contribution in [0.2, 0.25) is 0 Å². The molecule has 0 aliphatic heterocycles. The van der Waals surface area contributed by atoms with Gasteiger partial charge in [0.2, 0.25) is 0 Å². The Morgan fingerprint density at radius 2 is 1.21 bits per heavy atom. The van der Waals surface area contributed by atoms with Crippen molar-refractivity contribution in [3.8, 4) is 23.6 Å². The summed E-state index contributed by atoms with van der Waals surface area (Å²) in [5.41, 5.74) is 0.287. The molecule has 0 heterocycles. The van der Waals surface area contributed by atoms with Crippen LogP contribution in [0.15, 0.2) is 36.4 Å². The molecule has 2 aromatic carbocycles. The van der Waals surface area contributed by atoms with Crippen LogP contribution in [-0.4, -0.2) is 0 Å². The van der Waals surface area contributed by atoms with Gasteiger partial charge in [0, 0.05) is 0 Å². The first-order chi connectivity index (χ1) is 9.13. The Bertz CT molecular complexity index is 653. The van der Waals surface area contributed by atoms with Crippen LogP contribution >= 0.6 is 0 Å². The van der Waals surface area contributed by atoms with E-state index in [1.807, 2.05) is 0 Å². The Hall–Kier alpha value is -2.92. The Kier molecular flexibility index (Phi) is 3.40. The zero-order valence-electron chi connectivity index (χ0n) is 9.52. The van der Waals surface area contributed by atoms with Crippen LogP contribution in [0.5, 0.6) is 11.5 Å². The van der Waals surface area contributed by atoms with E-state index in [1.54, 1.807) is 12.1 Å². The van der Waals surface area contributed by atoms with E-state index < -0.39 is 11.6 Å². The summed E-state index contributed by atoms with van der Waals surface area (Å²) in [6, 6.07) is 10.8. The van der Waals surface area contributed by atoms with Gasteiger partial charge >= 0.3 is 0 Å². The maximum atomic E-state index is 13.5. The number of ether oxygens (including phenoxy) is 1. The second-order valence-corrected chi connectivity index (χ2v) is 3.62. The third kappa shape index (κ3) is 2.67. The first-order valence-corrected chi connectivity index (χ1v) is 5.21. The number of nitriles is 2. The quantitative estimate of drug-likeness (QED) is 0.826. The van der Waals surface area contributed by atoms with E-state index in [0.29, 0.717) is 0 Å². The van der Waals surface area contributed by atoms with Crippen molar-refractivity contribution in [1.82, 2.24) is 0 Å². The van der Waals surface area contributed by atoms with E-state index in [-0.39, 0.29) is 22.6 Å². The van der Waals surface area contributed by atoms with Crippen molar-refractivity contribution in [3.05, 3.63) is 59.2 Å². The third-order valence-electron chi connectivity index (χ3n) is 2.34. The zero-order chi connectivity index (χ0) is 13.8. The van der Waals surface area contributed by atoms with Crippen molar-refractivity contribution >= 4 is 0 Å². The number of benzene rings is 2. The second-order valence-electron chi connectivity index (χ2n) is 3.62. The molecule has 0 N–H and O–H groups in total. The highest BCUT2D eigenvalue weighted by Gasteiger charge is 2.10. The number of rotatable bonds is 2. The van der Waals surface area contributed by atoms with Crippen LogP contribution in [0.4, 0.5) is 8.78 Å². The van der Waals surface area contributed by atoms with Gasteiger partial charge < -0.3 is 4.74 Å². The predicted octanol–water partition coefficient (Wildman–Crippen LogP) is 3.50. The highest BCUT2D eigenvalue weighted by molar-refractivity contribution is 5.41. The molecular formula is C14H6F2N2O. The molecule has 0 spiro atoms. The number of nitrogens with zero attached hydrogens (tertiary/aromatic N) is 2. The lowest BCUT2D eigenvalue weighted by molar-refractivity contribution is 0.414. The minimum atomic E-state index is -0.761. The molecule has 3 nitrogen and oxygen atoms in total. The van der Waals surface area contributed by atoms with Crippen molar-refractivity contribution in [2.75, 3.05) is 0 Å². The molecule has 2 aromatic rings. The number of hydrogen-bond acceptors (Lipinski definition) is 3. The molecule has 0 bridgehead atoms. The highest BCUT2D eigenvalue weighted by atomic mass is 19.1. The van der Waals surface area contributed by atoms with Crippen molar-refractivity contribution in [2.45, 2.75) is 0 Å². The van der Waals surface area contributed by atoms with Crippen LogP contribution in [0, 0.1) is 34.3 Å². The maximum Gasteiger partial charge on any atom is 0.167 e. The monoisotopic (exact) mass is 256 g/mol. The standard InChI is InChI=1S/C14H6F2N2O/c15-11-5-9(7-17)1-3-13(11)19-14-4-2-10(8-18)6-12(14)16/h1-6H. The van der Waals surface area contributed by atoms with Crippen LogP contribution < -0.4 is 4.74 Å². The average molecular weight is 256 g/mol. The van der Waals surface area contributed by atoms with E-state index in [0.717, 1.165) is 12.1 Å². The summed E-state index contributed by atoms with van der Waals surface area (Å²) in [6.45, 7) is 0. The SMILES string of the molecule is N#Cc1ccc(Oc2ccc(C#N)cc2F)c(F)c1. The molecule has 5 heteroatoms. The molecule has 2 rings (SSSR count). The molecule has 0 aliphatic rings. The van der Waals surface area contributed by atoms with Gasteiger partial charge in [-0.05, 0) is 36.4 Å². The van der Waals surface area contributed by atoms with E-state index >= 15 is 0 Å². The first-order valence-electron chi connectivity index (χ1n) is 5.21.